The topological polar surface area (TPSA) is 61.9 Å². The second-order valence-corrected chi connectivity index (χ2v) is 8.98. The van der Waals surface area contributed by atoms with Gasteiger partial charge in [-0.25, -0.2) is 9.97 Å². The van der Waals surface area contributed by atoms with E-state index in [2.05, 4.69) is 40.3 Å². The van der Waals surface area contributed by atoms with E-state index in [0.717, 1.165) is 65.8 Å². The number of aromatic nitrogens is 3. The van der Waals surface area contributed by atoms with Crippen molar-refractivity contribution >= 4 is 28.5 Å². The van der Waals surface area contributed by atoms with Crippen LogP contribution in [0, 0.1) is 0 Å². The summed E-state index contributed by atoms with van der Waals surface area (Å²) in [5.41, 5.74) is 6.19. The largest absolute Gasteiger partial charge is 0.348 e. The quantitative estimate of drug-likeness (QED) is 0.465. The van der Waals surface area contributed by atoms with Gasteiger partial charge in [-0.15, -0.1) is 0 Å². The van der Waals surface area contributed by atoms with Gasteiger partial charge in [0, 0.05) is 36.8 Å². The number of aromatic amines is 1. The zero-order valence-corrected chi connectivity index (χ0v) is 18.5. The number of likely N-dealkylation sites (tertiary alicyclic amines) is 1. The Bertz CT molecular complexity index is 1340. The van der Waals surface area contributed by atoms with Gasteiger partial charge in [-0.05, 0) is 54.5 Å². The highest BCUT2D eigenvalue weighted by Gasteiger charge is 2.32. The maximum absolute atomic E-state index is 14.0. The SMILES string of the molecule is O=C(c1c2c(nc3ccccc13)/C(=C\c1ccccc1)CC2)N1CCCC(c2ncc[nH]2)C1. The van der Waals surface area contributed by atoms with Crippen LogP contribution in [0.15, 0.2) is 67.0 Å². The lowest BCUT2D eigenvalue weighted by molar-refractivity contribution is 0.0705. The van der Waals surface area contributed by atoms with Crippen molar-refractivity contribution in [2.75, 3.05) is 13.1 Å². The van der Waals surface area contributed by atoms with Crippen LogP contribution in [0.4, 0.5) is 0 Å². The third kappa shape index (κ3) is 3.63. The van der Waals surface area contributed by atoms with Crippen molar-refractivity contribution in [3.8, 4) is 0 Å². The van der Waals surface area contributed by atoms with E-state index in [9.17, 15) is 4.79 Å². The summed E-state index contributed by atoms with van der Waals surface area (Å²) in [6, 6.07) is 18.4. The molecular formula is C28H26N4O. The Hall–Kier alpha value is -3.73. The molecule has 0 spiro atoms. The summed E-state index contributed by atoms with van der Waals surface area (Å²) in [6.45, 7) is 1.48. The molecule has 1 unspecified atom stereocenters. The van der Waals surface area contributed by atoms with Crippen molar-refractivity contribution in [1.29, 1.82) is 0 Å². The Morgan fingerprint density at radius 1 is 1.06 bits per heavy atom. The molecule has 5 heteroatoms. The zero-order valence-electron chi connectivity index (χ0n) is 18.5. The fourth-order valence-electron chi connectivity index (χ4n) is 5.32. The van der Waals surface area contributed by atoms with E-state index < -0.39 is 0 Å². The molecule has 164 valence electrons. The smallest absolute Gasteiger partial charge is 0.254 e. The van der Waals surface area contributed by atoms with Gasteiger partial charge in [-0.1, -0.05) is 48.5 Å². The predicted molar refractivity (Wildman–Crippen MR) is 131 cm³/mol. The number of rotatable bonds is 3. The highest BCUT2D eigenvalue weighted by atomic mass is 16.2. The number of imidazole rings is 1. The minimum atomic E-state index is 0.127. The summed E-state index contributed by atoms with van der Waals surface area (Å²) >= 11 is 0. The van der Waals surface area contributed by atoms with Crippen LogP contribution in [-0.4, -0.2) is 38.8 Å². The Kier molecular flexibility index (Phi) is 5.02. The summed E-state index contributed by atoms with van der Waals surface area (Å²) in [5, 5.41) is 0.960. The summed E-state index contributed by atoms with van der Waals surface area (Å²) in [6.07, 6.45) is 9.67. The number of nitrogens with one attached hydrogen (secondary N) is 1. The predicted octanol–water partition coefficient (Wildman–Crippen LogP) is 5.46. The monoisotopic (exact) mass is 434 g/mol. The van der Waals surface area contributed by atoms with Crippen molar-refractivity contribution in [2.45, 2.75) is 31.6 Å². The highest BCUT2D eigenvalue weighted by Crippen LogP contribution is 2.38. The molecule has 0 radical (unpaired) electrons. The first-order chi connectivity index (χ1) is 16.3. The van der Waals surface area contributed by atoms with Crippen LogP contribution in [-0.2, 0) is 6.42 Å². The van der Waals surface area contributed by atoms with Crippen molar-refractivity contribution in [3.63, 3.8) is 0 Å². The molecule has 1 amide bonds. The number of benzene rings is 2. The average molecular weight is 435 g/mol. The number of fused-ring (bicyclic) bond motifs is 2. The van der Waals surface area contributed by atoms with E-state index in [4.69, 9.17) is 4.98 Å². The molecule has 2 aromatic carbocycles. The Morgan fingerprint density at radius 2 is 1.91 bits per heavy atom. The summed E-state index contributed by atoms with van der Waals surface area (Å²) < 4.78 is 0. The Balaban J connectivity index is 1.42. The lowest BCUT2D eigenvalue weighted by Gasteiger charge is -2.32. The van der Waals surface area contributed by atoms with Crippen molar-refractivity contribution in [3.05, 3.63) is 95.2 Å². The fourth-order valence-corrected chi connectivity index (χ4v) is 5.32. The maximum atomic E-state index is 14.0. The van der Waals surface area contributed by atoms with E-state index in [-0.39, 0.29) is 11.8 Å². The van der Waals surface area contributed by atoms with E-state index in [1.807, 2.05) is 41.4 Å². The molecule has 3 heterocycles. The van der Waals surface area contributed by atoms with Crippen LogP contribution in [0.3, 0.4) is 0 Å². The van der Waals surface area contributed by atoms with Crippen molar-refractivity contribution in [1.82, 2.24) is 19.9 Å². The van der Waals surface area contributed by atoms with Crippen LogP contribution < -0.4 is 0 Å². The van der Waals surface area contributed by atoms with Gasteiger partial charge in [0.05, 0.1) is 16.8 Å². The summed E-state index contributed by atoms with van der Waals surface area (Å²) in [7, 11) is 0. The number of hydrogen-bond donors (Lipinski definition) is 1. The molecule has 33 heavy (non-hydrogen) atoms. The van der Waals surface area contributed by atoms with Gasteiger partial charge in [0.15, 0.2) is 0 Å². The normalized spacial score (nSPS) is 19.2. The first-order valence-electron chi connectivity index (χ1n) is 11.7. The molecule has 2 aliphatic rings. The molecule has 0 bridgehead atoms. The molecule has 6 rings (SSSR count). The third-order valence-electron chi connectivity index (χ3n) is 6.91. The number of hydrogen-bond acceptors (Lipinski definition) is 3. The van der Waals surface area contributed by atoms with Gasteiger partial charge in [-0.2, -0.15) is 0 Å². The van der Waals surface area contributed by atoms with Crippen LogP contribution in [0.25, 0.3) is 22.6 Å². The maximum Gasteiger partial charge on any atom is 0.254 e. The van der Waals surface area contributed by atoms with Gasteiger partial charge in [0.25, 0.3) is 5.91 Å². The lowest BCUT2D eigenvalue weighted by Crippen LogP contribution is -2.40. The van der Waals surface area contributed by atoms with E-state index in [0.29, 0.717) is 6.54 Å². The molecule has 1 aliphatic carbocycles. The molecule has 5 nitrogen and oxygen atoms in total. The second kappa shape index (κ2) is 8.32. The zero-order chi connectivity index (χ0) is 22.2. The molecule has 4 aromatic rings. The molecule has 1 fully saturated rings. The summed E-state index contributed by atoms with van der Waals surface area (Å²) in [5.74, 6) is 1.36. The number of H-pyrrole nitrogens is 1. The minimum absolute atomic E-state index is 0.127. The average Bonchev–Trinajstić information content (AvgIpc) is 3.54. The Labute approximate surface area is 193 Å². The van der Waals surface area contributed by atoms with Crippen LogP contribution in [0.1, 0.15) is 58.2 Å². The number of carbonyl (C=O) groups is 1. The number of allylic oxidation sites excluding steroid dienone is 1. The number of piperidine rings is 1. The van der Waals surface area contributed by atoms with Gasteiger partial charge >= 0.3 is 0 Å². The molecule has 1 saturated heterocycles. The van der Waals surface area contributed by atoms with Crippen LogP contribution in [0.2, 0.25) is 0 Å². The number of nitrogens with zero attached hydrogens (tertiary/aromatic N) is 3. The van der Waals surface area contributed by atoms with E-state index in [1.165, 1.54) is 11.1 Å². The highest BCUT2D eigenvalue weighted by molar-refractivity contribution is 6.09. The first-order valence-corrected chi connectivity index (χ1v) is 11.7. The van der Waals surface area contributed by atoms with Crippen LogP contribution in [0.5, 0.6) is 0 Å². The van der Waals surface area contributed by atoms with E-state index >= 15 is 0 Å². The van der Waals surface area contributed by atoms with Gasteiger partial charge in [0.1, 0.15) is 5.82 Å². The summed E-state index contributed by atoms with van der Waals surface area (Å²) in [4.78, 5) is 28.7. The lowest BCUT2D eigenvalue weighted by atomic mass is 9.94. The number of carbonyl (C=O) groups excluding carboxylic acids is 1. The number of pyridine rings is 1. The van der Waals surface area contributed by atoms with Crippen molar-refractivity contribution in [2.24, 2.45) is 0 Å². The number of amides is 1. The number of para-hydroxylation sites is 1. The fraction of sp³-hybridized carbons (Fsp3) is 0.250. The molecule has 1 atom stereocenters. The standard InChI is InChI=1S/C28H26N4O/c33-28(32-16-6-9-21(18-32)27-29-14-15-30-27)25-22-10-4-5-11-24(22)31-26-20(12-13-23(25)26)17-19-7-2-1-3-8-19/h1-5,7-8,10-11,14-15,17,21H,6,9,12-13,16,18H2,(H,29,30)/b20-17-. The Morgan fingerprint density at radius 3 is 2.76 bits per heavy atom. The molecule has 0 saturated carbocycles. The van der Waals surface area contributed by atoms with Gasteiger partial charge in [0.2, 0.25) is 0 Å². The first kappa shape index (κ1) is 19.9. The minimum Gasteiger partial charge on any atom is -0.348 e. The molecule has 1 N–H and O–H groups in total. The van der Waals surface area contributed by atoms with E-state index in [1.54, 1.807) is 6.20 Å². The van der Waals surface area contributed by atoms with Crippen LogP contribution >= 0.6 is 0 Å². The van der Waals surface area contributed by atoms with Gasteiger partial charge in [-0.3, -0.25) is 4.79 Å². The molecule has 2 aromatic heterocycles. The van der Waals surface area contributed by atoms with Gasteiger partial charge < -0.3 is 9.88 Å². The van der Waals surface area contributed by atoms with Crippen molar-refractivity contribution < 1.29 is 4.79 Å². The third-order valence-corrected chi connectivity index (χ3v) is 6.91. The second-order valence-electron chi connectivity index (χ2n) is 8.98. The molecular weight excluding hydrogens is 408 g/mol. The molecule has 1 aliphatic heterocycles.